The van der Waals surface area contributed by atoms with Gasteiger partial charge in [0.15, 0.2) is 0 Å². The van der Waals surface area contributed by atoms with Crippen molar-refractivity contribution in [3.8, 4) is 5.75 Å². The van der Waals surface area contributed by atoms with Crippen molar-refractivity contribution in [1.29, 1.82) is 0 Å². The third kappa shape index (κ3) is 6.99. The van der Waals surface area contributed by atoms with Crippen LogP contribution in [0.4, 0.5) is 5.69 Å². The number of nitrogens with two attached hydrogens (primary N) is 1. The van der Waals surface area contributed by atoms with Crippen molar-refractivity contribution >= 4 is 46.9 Å². The summed E-state index contributed by atoms with van der Waals surface area (Å²) in [5.74, 6) is -4.46. The average Bonchev–Trinajstić information content (AvgIpc) is 2.70. The van der Waals surface area contributed by atoms with Gasteiger partial charge in [-0.2, -0.15) is 0 Å². The van der Waals surface area contributed by atoms with Gasteiger partial charge < -0.3 is 31.9 Å². The number of hydrogen-bond acceptors (Lipinski definition) is 6. The number of carboxylic acids is 1. The van der Waals surface area contributed by atoms with E-state index in [9.17, 15) is 29.1 Å². The van der Waals surface area contributed by atoms with Gasteiger partial charge in [0.25, 0.3) is 11.8 Å². The zero-order chi connectivity index (χ0) is 23.8. The summed E-state index contributed by atoms with van der Waals surface area (Å²) in [5.41, 5.74) is 5.23. The van der Waals surface area contributed by atoms with Gasteiger partial charge >= 0.3 is 5.97 Å². The average molecular weight is 463 g/mol. The lowest BCUT2D eigenvalue weighted by molar-refractivity contribution is -0.140. The maximum absolute atomic E-state index is 12.3. The highest BCUT2D eigenvalue weighted by Crippen LogP contribution is 2.19. The Bertz CT molecular complexity index is 1070. The summed E-state index contributed by atoms with van der Waals surface area (Å²) in [7, 11) is 0. The molecule has 4 amide bonds. The van der Waals surface area contributed by atoms with Gasteiger partial charge in [-0.25, -0.2) is 4.79 Å². The number of anilines is 1. The molecule has 0 radical (unpaired) electrons. The minimum absolute atomic E-state index is 0.0325. The molecule has 0 spiro atoms. The fourth-order valence-corrected chi connectivity index (χ4v) is 2.80. The number of halogens is 1. The Morgan fingerprint density at radius 1 is 1.03 bits per heavy atom. The van der Waals surface area contributed by atoms with Crippen LogP contribution in [-0.4, -0.2) is 52.4 Å². The number of aliphatic carboxylic acids is 1. The van der Waals surface area contributed by atoms with Crippen LogP contribution in [-0.2, 0) is 14.4 Å². The summed E-state index contributed by atoms with van der Waals surface area (Å²) >= 11 is 6.04. The third-order valence-electron chi connectivity index (χ3n) is 4.02. The highest BCUT2D eigenvalue weighted by atomic mass is 35.5. The zero-order valence-corrected chi connectivity index (χ0v) is 17.2. The SMILES string of the molecule is NC(=O)C[C@H](NC(=O)c1ccc(C(=O)NCC(=O)Nc2cccc(O)c2)cc1Cl)C(=O)O. The van der Waals surface area contributed by atoms with E-state index in [-0.39, 0.29) is 28.4 Å². The van der Waals surface area contributed by atoms with Gasteiger partial charge in [0.2, 0.25) is 11.8 Å². The quantitative estimate of drug-likeness (QED) is 0.312. The smallest absolute Gasteiger partial charge is 0.326 e. The fourth-order valence-electron chi connectivity index (χ4n) is 2.53. The summed E-state index contributed by atoms with van der Waals surface area (Å²) < 4.78 is 0. The predicted octanol–water partition coefficient (Wildman–Crippen LogP) is 0.472. The molecule has 2 aromatic carbocycles. The lowest BCUT2D eigenvalue weighted by Crippen LogP contribution is -2.43. The van der Waals surface area contributed by atoms with Gasteiger partial charge in [0.1, 0.15) is 11.8 Å². The van der Waals surface area contributed by atoms with E-state index in [1.807, 2.05) is 0 Å². The second kappa shape index (κ2) is 10.8. The molecule has 7 N–H and O–H groups in total. The molecule has 0 saturated carbocycles. The molecule has 0 fully saturated rings. The first kappa shape index (κ1) is 24.2. The first-order valence-corrected chi connectivity index (χ1v) is 9.43. The Kier molecular flexibility index (Phi) is 8.13. The van der Waals surface area contributed by atoms with Gasteiger partial charge in [-0.15, -0.1) is 0 Å². The van der Waals surface area contributed by atoms with Crippen LogP contribution in [0.25, 0.3) is 0 Å². The van der Waals surface area contributed by atoms with Crippen LogP contribution in [0.3, 0.4) is 0 Å². The molecule has 0 aliphatic heterocycles. The Labute approximate surface area is 186 Å². The Balaban J connectivity index is 1.98. The first-order valence-electron chi connectivity index (χ1n) is 9.05. The van der Waals surface area contributed by atoms with Crippen LogP contribution in [0.15, 0.2) is 42.5 Å². The van der Waals surface area contributed by atoms with Crippen LogP contribution in [0.5, 0.6) is 5.75 Å². The molecule has 32 heavy (non-hydrogen) atoms. The molecule has 0 aliphatic carbocycles. The minimum Gasteiger partial charge on any atom is -0.508 e. The number of rotatable bonds is 9. The normalized spacial score (nSPS) is 11.2. The summed E-state index contributed by atoms with van der Waals surface area (Å²) in [4.78, 5) is 58.5. The van der Waals surface area contributed by atoms with Crippen LogP contribution in [0, 0.1) is 0 Å². The summed E-state index contributed by atoms with van der Waals surface area (Å²) in [6, 6.07) is 7.95. The molecule has 2 aromatic rings. The molecule has 12 heteroatoms. The zero-order valence-electron chi connectivity index (χ0n) is 16.4. The van der Waals surface area contributed by atoms with Crippen molar-refractivity contribution in [2.75, 3.05) is 11.9 Å². The number of amides is 4. The van der Waals surface area contributed by atoms with E-state index in [4.69, 9.17) is 22.4 Å². The fraction of sp³-hybridized carbons (Fsp3) is 0.150. The van der Waals surface area contributed by atoms with Gasteiger partial charge in [-0.05, 0) is 30.3 Å². The van der Waals surface area contributed by atoms with E-state index in [0.29, 0.717) is 5.69 Å². The number of nitrogens with one attached hydrogen (secondary N) is 3. The second-order valence-corrected chi connectivity index (χ2v) is 6.92. The number of hydrogen-bond donors (Lipinski definition) is 6. The molecular formula is C20H19ClN4O7. The van der Waals surface area contributed by atoms with E-state index in [0.717, 1.165) is 0 Å². The van der Waals surface area contributed by atoms with E-state index in [2.05, 4.69) is 16.0 Å². The molecule has 0 aromatic heterocycles. The van der Waals surface area contributed by atoms with E-state index in [1.165, 1.54) is 36.4 Å². The second-order valence-electron chi connectivity index (χ2n) is 6.51. The largest absolute Gasteiger partial charge is 0.508 e. The van der Waals surface area contributed by atoms with E-state index >= 15 is 0 Å². The summed E-state index contributed by atoms with van der Waals surface area (Å²) in [6.07, 6.45) is -0.607. The third-order valence-corrected chi connectivity index (χ3v) is 4.34. The monoisotopic (exact) mass is 462 g/mol. The van der Waals surface area contributed by atoms with E-state index < -0.39 is 42.1 Å². The minimum atomic E-state index is -1.54. The van der Waals surface area contributed by atoms with Crippen molar-refractivity contribution in [2.45, 2.75) is 12.5 Å². The lowest BCUT2D eigenvalue weighted by Gasteiger charge is -2.14. The molecule has 168 valence electrons. The van der Waals surface area contributed by atoms with Crippen molar-refractivity contribution in [1.82, 2.24) is 10.6 Å². The van der Waals surface area contributed by atoms with Crippen molar-refractivity contribution in [2.24, 2.45) is 5.73 Å². The standard InChI is InChI=1S/C20H19ClN4O7/c21-14-6-10(4-5-13(14)19(30)25-15(20(31)32)8-16(22)27)18(29)23-9-17(28)24-11-2-1-3-12(26)7-11/h1-7,15,26H,8-9H2,(H2,22,27)(H,23,29)(H,24,28)(H,25,30)(H,31,32)/t15-/m0/s1. The molecule has 0 saturated heterocycles. The highest BCUT2D eigenvalue weighted by molar-refractivity contribution is 6.34. The molecule has 0 aliphatic rings. The maximum Gasteiger partial charge on any atom is 0.326 e. The van der Waals surface area contributed by atoms with Crippen LogP contribution in [0.1, 0.15) is 27.1 Å². The van der Waals surface area contributed by atoms with Crippen molar-refractivity contribution in [3.05, 3.63) is 58.6 Å². The van der Waals surface area contributed by atoms with Crippen LogP contribution < -0.4 is 21.7 Å². The number of carbonyl (C=O) groups excluding carboxylic acids is 4. The number of primary amides is 1. The number of phenols is 1. The molecule has 2 rings (SSSR count). The van der Waals surface area contributed by atoms with Crippen molar-refractivity contribution in [3.63, 3.8) is 0 Å². The molecule has 1 atom stereocenters. The molecule has 0 heterocycles. The van der Waals surface area contributed by atoms with Crippen molar-refractivity contribution < 1.29 is 34.2 Å². The van der Waals surface area contributed by atoms with Gasteiger partial charge in [-0.1, -0.05) is 17.7 Å². The predicted molar refractivity (Wildman–Crippen MR) is 113 cm³/mol. The number of carbonyl (C=O) groups is 5. The Morgan fingerprint density at radius 3 is 2.34 bits per heavy atom. The van der Waals surface area contributed by atoms with E-state index in [1.54, 1.807) is 6.07 Å². The van der Waals surface area contributed by atoms with Gasteiger partial charge in [0, 0.05) is 17.3 Å². The van der Waals surface area contributed by atoms with Crippen LogP contribution >= 0.6 is 11.6 Å². The molecule has 0 unspecified atom stereocenters. The van der Waals surface area contributed by atoms with Gasteiger partial charge in [0.05, 0.1) is 23.6 Å². The Morgan fingerprint density at radius 2 is 1.75 bits per heavy atom. The molecule has 0 bridgehead atoms. The first-order chi connectivity index (χ1) is 15.1. The lowest BCUT2D eigenvalue weighted by atomic mass is 10.1. The highest BCUT2D eigenvalue weighted by Gasteiger charge is 2.24. The summed E-state index contributed by atoms with van der Waals surface area (Å²) in [6.45, 7) is -0.373. The van der Waals surface area contributed by atoms with Crippen LogP contribution in [0.2, 0.25) is 5.02 Å². The summed E-state index contributed by atoms with van der Waals surface area (Å²) in [5, 5.41) is 25.3. The van der Waals surface area contributed by atoms with Gasteiger partial charge in [-0.3, -0.25) is 19.2 Å². The molecule has 11 nitrogen and oxygen atoms in total. The maximum atomic E-state index is 12.3. The topological polar surface area (TPSA) is 188 Å². The number of benzene rings is 2. The number of phenolic OH excluding ortho intramolecular Hbond substituents is 1. The Hall–Kier alpha value is -4.12. The number of aromatic hydroxyl groups is 1. The molecular weight excluding hydrogens is 444 g/mol. The number of carboxylic acid groups (broad SMARTS) is 1.